The topological polar surface area (TPSA) is 107 Å². The van der Waals surface area contributed by atoms with Gasteiger partial charge in [-0.05, 0) is 43.7 Å². The van der Waals surface area contributed by atoms with Crippen molar-refractivity contribution < 1.29 is 33.2 Å². The number of methoxy groups -OCH3 is 5. The molecule has 0 N–H and O–H groups in total. The number of nitrogens with zero attached hydrogens (tertiary/aromatic N) is 2. The van der Waals surface area contributed by atoms with E-state index in [0.29, 0.717) is 54.9 Å². The van der Waals surface area contributed by atoms with Crippen LogP contribution in [0.2, 0.25) is 0 Å². The highest BCUT2D eigenvalue weighted by atomic mass is 32.1. The van der Waals surface area contributed by atoms with Crippen LogP contribution >= 0.6 is 11.3 Å². The summed E-state index contributed by atoms with van der Waals surface area (Å²) in [6.07, 6.45) is 1.72. The monoisotopic (exact) mass is 554 g/mol. The van der Waals surface area contributed by atoms with Crippen molar-refractivity contribution in [1.82, 2.24) is 4.57 Å². The molecule has 1 aliphatic heterocycles. The molecule has 2 aromatic carbocycles. The van der Waals surface area contributed by atoms with Gasteiger partial charge >= 0.3 is 5.97 Å². The van der Waals surface area contributed by atoms with Crippen LogP contribution in [0.15, 0.2) is 51.4 Å². The minimum absolute atomic E-state index is 0.164. The maximum Gasteiger partial charge on any atom is 0.338 e. The Balaban J connectivity index is 2.03. The number of fused-ring (bicyclic) bond motifs is 1. The summed E-state index contributed by atoms with van der Waals surface area (Å²) < 4.78 is 34.8. The molecule has 1 aliphatic rings. The average Bonchev–Trinajstić information content (AvgIpc) is 3.24. The van der Waals surface area contributed by atoms with Crippen LogP contribution in [0.5, 0.6) is 28.7 Å². The lowest BCUT2D eigenvalue weighted by Crippen LogP contribution is -2.40. The van der Waals surface area contributed by atoms with E-state index in [4.69, 9.17) is 28.4 Å². The van der Waals surface area contributed by atoms with E-state index in [-0.39, 0.29) is 17.7 Å². The number of ether oxygens (including phenoxy) is 6. The van der Waals surface area contributed by atoms with Gasteiger partial charge in [-0.15, -0.1) is 0 Å². The van der Waals surface area contributed by atoms with Gasteiger partial charge in [-0.1, -0.05) is 23.5 Å². The minimum atomic E-state index is -0.858. The van der Waals surface area contributed by atoms with Crippen LogP contribution in [0.1, 0.15) is 31.0 Å². The molecule has 0 spiro atoms. The van der Waals surface area contributed by atoms with E-state index in [2.05, 4.69) is 4.99 Å². The highest BCUT2D eigenvalue weighted by Crippen LogP contribution is 2.42. The molecule has 206 valence electrons. The standard InChI is InChI=1S/C28H30N2O8S/c1-8-38-27(32)22-15(2)29-28-30(23(22)17-12-19(34-4)25(37-7)20(13-17)35-5)26(31)21(39-28)14-16-10-9-11-18(33-3)24(16)36-6/h9-14,23H,8H2,1-7H3/b21-14+. The number of allylic oxidation sites excluding steroid dienone is 1. The zero-order chi connectivity index (χ0) is 28.3. The predicted molar refractivity (Wildman–Crippen MR) is 146 cm³/mol. The summed E-state index contributed by atoms with van der Waals surface area (Å²) >= 11 is 1.20. The number of carbonyl (C=O) groups excluding carboxylic acids is 1. The molecule has 1 aromatic heterocycles. The quantitative estimate of drug-likeness (QED) is 0.372. The molecule has 4 rings (SSSR count). The number of para-hydroxylation sites is 1. The van der Waals surface area contributed by atoms with Crippen molar-refractivity contribution in [1.29, 1.82) is 0 Å². The molecule has 2 heterocycles. The number of benzene rings is 2. The fraction of sp³-hybridized carbons (Fsp3) is 0.321. The second kappa shape index (κ2) is 11.6. The molecular formula is C28H30N2O8S. The Morgan fingerprint density at radius 1 is 0.974 bits per heavy atom. The van der Waals surface area contributed by atoms with Crippen LogP contribution in [0.25, 0.3) is 6.08 Å². The highest BCUT2D eigenvalue weighted by molar-refractivity contribution is 7.07. The van der Waals surface area contributed by atoms with Gasteiger partial charge in [0.05, 0.1) is 64.0 Å². The molecule has 1 atom stereocenters. The van der Waals surface area contributed by atoms with Crippen LogP contribution in [0.3, 0.4) is 0 Å². The van der Waals surface area contributed by atoms with Crippen LogP contribution in [-0.2, 0) is 9.53 Å². The number of carbonyl (C=O) groups is 1. The molecule has 0 saturated carbocycles. The van der Waals surface area contributed by atoms with E-state index in [9.17, 15) is 9.59 Å². The van der Waals surface area contributed by atoms with E-state index in [0.717, 1.165) is 0 Å². The van der Waals surface area contributed by atoms with Crippen molar-refractivity contribution >= 4 is 23.4 Å². The van der Waals surface area contributed by atoms with Crippen LogP contribution in [-0.4, -0.2) is 52.7 Å². The zero-order valence-corrected chi connectivity index (χ0v) is 23.6. The van der Waals surface area contributed by atoms with Gasteiger partial charge in [0.15, 0.2) is 27.8 Å². The van der Waals surface area contributed by atoms with E-state index in [1.165, 1.54) is 44.3 Å². The fourth-order valence-electron chi connectivity index (χ4n) is 4.53. The van der Waals surface area contributed by atoms with Gasteiger partial charge in [-0.25, -0.2) is 9.79 Å². The van der Waals surface area contributed by atoms with Crippen molar-refractivity contribution in [2.24, 2.45) is 4.99 Å². The Kier molecular flexibility index (Phi) is 8.29. The molecule has 0 radical (unpaired) electrons. The molecule has 0 fully saturated rings. The molecule has 10 nitrogen and oxygen atoms in total. The molecular weight excluding hydrogens is 524 g/mol. The molecule has 0 aliphatic carbocycles. The lowest BCUT2D eigenvalue weighted by molar-refractivity contribution is -0.139. The maximum atomic E-state index is 14.0. The summed E-state index contributed by atoms with van der Waals surface area (Å²) in [7, 11) is 7.59. The van der Waals surface area contributed by atoms with Crippen LogP contribution < -0.4 is 38.6 Å². The summed E-state index contributed by atoms with van der Waals surface area (Å²) in [5.41, 5.74) is 1.57. The first-order valence-electron chi connectivity index (χ1n) is 12.0. The summed E-state index contributed by atoms with van der Waals surface area (Å²) in [5, 5.41) is 0. The van der Waals surface area contributed by atoms with Gasteiger partial charge in [0, 0.05) is 5.56 Å². The van der Waals surface area contributed by atoms with Crippen molar-refractivity contribution in [2.75, 3.05) is 42.2 Å². The summed E-state index contributed by atoms with van der Waals surface area (Å²) in [5.74, 6) is 1.62. The first kappa shape index (κ1) is 27.8. The number of hydrogen-bond acceptors (Lipinski definition) is 10. The molecule has 0 bridgehead atoms. The SMILES string of the molecule is CCOC(=O)C1=C(C)N=c2s/c(=C/c3cccc(OC)c3OC)c(=O)n2C1c1cc(OC)c(OC)c(OC)c1. The van der Waals surface area contributed by atoms with E-state index in [1.54, 1.807) is 45.2 Å². The van der Waals surface area contributed by atoms with Gasteiger partial charge in [-0.2, -0.15) is 0 Å². The van der Waals surface area contributed by atoms with E-state index < -0.39 is 12.0 Å². The molecule has 11 heteroatoms. The lowest BCUT2D eigenvalue weighted by atomic mass is 9.95. The fourth-order valence-corrected chi connectivity index (χ4v) is 5.57. The molecule has 3 aromatic rings. The Labute approximate surface area is 229 Å². The van der Waals surface area contributed by atoms with E-state index >= 15 is 0 Å². The summed E-state index contributed by atoms with van der Waals surface area (Å²) in [4.78, 5) is 32.2. The summed E-state index contributed by atoms with van der Waals surface area (Å²) in [6.45, 7) is 3.61. The van der Waals surface area contributed by atoms with Crippen molar-refractivity contribution in [3.63, 3.8) is 0 Å². The molecule has 0 amide bonds. The first-order chi connectivity index (χ1) is 18.8. The van der Waals surface area contributed by atoms with Gasteiger partial charge in [-0.3, -0.25) is 9.36 Å². The third kappa shape index (κ3) is 4.97. The van der Waals surface area contributed by atoms with Gasteiger partial charge in [0.1, 0.15) is 0 Å². The molecule has 39 heavy (non-hydrogen) atoms. The molecule has 1 unspecified atom stereocenters. The van der Waals surface area contributed by atoms with Crippen LogP contribution in [0.4, 0.5) is 0 Å². The van der Waals surface area contributed by atoms with Crippen molar-refractivity contribution in [2.45, 2.75) is 19.9 Å². The zero-order valence-electron chi connectivity index (χ0n) is 22.8. The minimum Gasteiger partial charge on any atom is -0.493 e. The Morgan fingerprint density at radius 3 is 2.18 bits per heavy atom. The Morgan fingerprint density at radius 2 is 1.62 bits per heavy atom. The third-order valence-electron chi connectivity index (χ3n) is 6.24. The largest absolute Gasteiger partial charge is 0.493 e. The van der Waals surface area contributed by atoms with Crippen molar-refractivity contribution in [3.8, 4) is 28.7 Å². The first-order valence-corrected chi connectivity index (χ1v) is 12.9. The number of thiazole rings is 1. The van der Waals surface area contributed by atoms with Gasteiger partial charge in [0.2, 0.25) is 5.75 Å². The number of hydrogen-bond donors (Lipinski definition) is 0. The number of aromatic nitrogens is 1. The Hall–Kier alpha value is -4.25. The van der Waals surface area contributed by atoms with E-state index in [1.807, 2.05) is 12.1 Å². The maximum absolute atomic E-state index is 14.0. The van der Waals surface area contributed by atoms with Gasteiger partial charge < -0.3 is 28.4 Å². The van der Waals surface area contributed by atoms with Gasteiger partial charge in [0.25, 0.3) is 5.56 Å². The second-order valence-corrected chi connectivity index (χ2v) is 9.35. The lowest BCUT2D eigenvalue weighted by Gasteiger charge is -2.26. The normalized spacial score (nSPS) is 14.8. The average molecular weight is 555 g/mol. The van der Waals surface area contributed by atoms with Crippen molar-refractivity contribution in [3.05, 3.63) is 72.4 Å². The number of esters is 1. The molecule has 0 saturated heterocycles. The smallest absolute Gasteiger partial charge is 0.338 e. The third-order valence-corrected chi connectivity index (χ3v) is 7.22. The predicted octanol–water partition coefficient (Wildman–Crippen LogP) is 2.84. The van der Waals surface area contributed by atoms with Crippen LogP contribution in [0, 0.1) is 0 Å². The number of rotatable bonds is 9. The Bertz CT molecular complexity index is 1590. The highest BCUT2D eigenvalue weighted by Gasteiger charge is 2.34. The second-order valence-electron chi connectivity index (χ2n) is 8.34. The summed E-state index contributed by atoms with van der Waals surface area (Å²) in [6, 6.07) is 7.98.